The van der Waals surface area contributed by atoms with E-state index in [0.29, 0.717) is 32.6 Å². The molecule has 0 bridgehead atoms. The summed E-state index contributed by atoms with van der Waals surface area (Å²) >= 11 is 0. The maximum Gasteiger partial charge on any atom is 0.416 e. The highest BCUT2D eigenvalue weighted by Gasteiger charge is 2.36. The fourth-order valence-electron chi connectivity index (χ4n) is 3.35. The number of hydrogen-bond donors (Lipinski definition) is 3. The summed E-state index contributed by atoms with van der Waals surface area (Å²) in [6, 6.07) is 12.0. The highest BCUT2D eigenvalue weighted by molar-refractivity contribution is 5.85. The van der Waals surface area contributed by atoms with Crippen LogP contribution in [0, 0.1) is 0 Å². The number of allylic oxidation sites excluding steroid dienone is 1. The predicted octanol–water partition coefficient (Wildman–Crippen LogP) is 4.66. The van der Waals surface area contributed by atoms with Gasteiger partial charge in [-0.1, -0.05) is 25.1 Å². The second-order valence-electron chi connectivity index (χ2n) is 8.78. The third-order valence-corrected chi connectivity index (χ3v) is 5.82. The molecule has 37 heavy (non-hydrogen) atoms. The maximum atomic E-state index is 13.1. The normalized spacial score (nSPS) is 13.4. The van der Waals surface area contributed by atoms with E-state index in [-0.39, 0.29) is 11.7 Å². The number of anilines is 1. The molecule has 2 aromatic rings. The van der Waals surface area contributed by atoms with E-state index in [4.69, 9.17) is 10.1 Å². The summed E-state index contributed by atoms with van der Waals surface area (Å²) in [5, 5.41) is 17.9. The lowest BCUT2D eigenvalue weighted by atomic mass is 10.00. The van der Waals surface area contributed by atoms with Crippen LogP contribution in [0.2, 0.25) is 0 Å². The topological polar surface area (TPSA) is 87.9 Å². The zero-order valence-electron chi connectivity index (χ0n) is 21.4. The highest BCUT2D eigenvalue weighted by Crippen LogP contribution is 2.31. The first kappa shape index (κ1) is 29.9. The molecule has 1 unspecified atom stereocenters. The zero-order valence-corrected chi connectivity index (χ0v) is 21.4. The van der Waals surface area contributed by atoms with E-state index in [1.54, 1.807) is 13.1 Å². The lowest BCUT2D eigenvalue weighted by Gasteiger charge is -2.30. The molecule has 7 nitrogen and oxygen atoms in total. The summed E-state index contributed by atoms with van der Waals surface area (Å²) in [7, 11) is 1.95. The van der Waals surface area contributed by atoms with Gasteiger partial charge in [-0.05, 0) is 75.2 Å². The monoisotopic (exact) mass is 518 g/mol. The third-order valence-electron chi connectivity index (χ3n) is 5.82. The Labute approximate surface area is 216 Å². The van der Waals surface area contributed by atoms with E-state index in [1.807, 2.05) is 38.2 Å². The fourth-order valence-corrected chi connectivity index (χ4v) is 3.35. The van der Waals surface area contributed by atoms with Crippen molar-refractivity contribution in [2.45, 2.75) is 38.6 Å². The molecule has 0 saturated heterocycles. The molecule has 0 fully saturated rings. The second kappa shape index (κ2) is 14.4. The Kier molecular flexibility index (Phi) is 11.6. The molecular weight excluding hydrogens is 483 g/mol. The highest BCUT2D eigenvalue weighted by atomic mass is 19.4. The van der Waals surface area contributed by atoms with E-state index >= 15 is 0 Å². The molecule has 2 rings (SSSR count). The quantitative estimate of drug-likeness (QED) is 0.236. The fraction of sp³-hybridized carbons (Fsp3) is 0.407. The minimum absolute atomic E-state index is 0.187. The number of alkyl halides is 3. The van der Waals surface area contributed by atoms with Crippen LogP contribution in [0.1, 0.15) is 31.4 Å². The number of carbonyl (C=O) groups is 1. The molecule has 0 aromatic heterocycles. The number of benzene rings is 2. The van der Waals surface area contributed by atoms with Gasteiger partial charge < -0.3 is 31.0 Å². The van der Waals surface area contributed by atoms with Gasteiger partial charge in [-0.15, -0.1) is 0 Å². The van der Waals surface area contributed by atoms with Crippen molar-refractivity contribution in [3.05, 3.63) is 77.3 Å². The lowest BCUT2D eigenvalue weighted by Crippen LogP contribution is -2.51. The van der Waals surface area contributed by atoms with Gasteiger partial charge in [0.2, 0.25) is 0 Å². The van der Waals surface area contributed by atoms with Crippen LogP contribution in [0.4, 0.5) is 18.9 Å². The second-order valence-corrected chi connectivity index (χ2v) is 8.78. The van der Waals surface area contributed by atoms with Crippen molar-refractivity contribution in [1.29, 1.82) is 0 Å². The van der Waals surface area contributed by atoms with Gasteiger partial charge >= 0.3 is 6.18 Å². The Balaban J connectivity index is 2.00. The number of rotatable bonds is 15. The Hall–Kier alpha value is -3.37. The molecule has 0 aliphatic carbocycles. The van der Waals surface area contributed by atoms with Crippen LogP contribution in [0.25, 0.3) is 5.41 Å². The minimum Gasteiger partial charge on any atom is -0.811 e. The molecule has 0 spiro atoms. The predicted molar refractivity (Wildman–Crippen MR) is 142 cm³/mol. The largest absolute Gasteiger partial charge is 0.811 e. The molecule has 3 N–H and O–H groups in total. The third kappa shape index (κ3) is 10.3. The summed E-state index contributed by atoms with van der Waals surface area (Å²) in [4.78, 5) is 15.1. The van der Waals surface area contributed by atoms with Crippen molar-refractivity contribution in [2.75, 3.05) is 38.5 Å². The van der Waals surface area contributed by atoms with E-state index in [9.17, 15) is 18.0 Å². The smallest absolute Gasteiger partial charge is 0.416 e. The van der Waals surface area contributed by atoms with E-state index in [1.165, 1.54) is 18.2 Å². The van der Waals surface area contributed by atoms with Gasteiger partial charge in [-0.2, -0.15) is 19.4 Å². The van der Waals surface area contributed by atoms with E-state index in [0.717, 1.165) is 36.1 Å². The van der Waals surface area contributed by atoms with Gasteiger partial charge in [0.1, 0.15) is 5.75 Å². The Bertz CT molecular complexity index is 1010. The molecule has 2 aromatic carbocycles. The van der Waals surface area contributed by atoms with E-state index in [2.05, 4.69) is 20.9 Å². The minimum atomic E-state index is -4.45. The first-order valence-electron chi connectivity index (χ1n) is 12.1. The summed E-state index contributed by atoms with van der Waals surface area (Å²) in [6.07, 6.45) is -0.138. The van der Waals surface area contributed by atoms with Crippen LogP contribution in [-0.2, 0) is 17.5 Å². The number of halogens is 3. The van der Waals surface area contributed by atoms with Crippen LogP contribution < -0.4 is 20.7 Å². The molecule has 0 saturated carbocycles. The number of nitrogens with zero attached hydrogens (tertiary/aromatic N) is 2. The van der Waals surface area contributed by atoms with Gasteiger partial charge in [0.15, 0.2) is 5.60 Å². The summed E-state index contributed by atoms with van der Waals surface area (Å²) in [6.45, 7) is 6.58. The number of likely N-dealkylation sites (N-methyl/N-ethyl adjacent to an activating group) is 1. The Morgan fingerprint density at radius 2 is 1.76 bits per heavy atom. The maximum absolute atomic E-state index is 13.1. The van der Waals surface area contributed by atoms with Crippen LogP contribution in [0.3, 0.4) is 0 Å². The molecule has 202 valence electrons. The van der Waals surface area contributed by atoms with Crippen LogP contribution >= 0.6 is 0 Å². The van der Waals surface area contributed by atoms with Crippen molar-refractivity contribution >= 4 is 17.8 Å². The van der Waals surface area contributed by atoms with Gasteiger partial charge in [-0.3, -0.25) is 4.79 Å². The molecule has 1 amide bonds. The SMILES string of the molecule is CCN(C)CCNC(=O)C(C)(CCNCc1ccc(N/C=C\C=[N-])cc1)Oc1ccc(C(F)(F)F)cc1. The molecular formula is C27H35F3N5O2-. The standard InChI is InChI=1S/C27H35F3N5O2/c1-4-35(3)19-18-34-25(36)26(2,37-24-12-8-22(9-13-24)27(28,29)30)14-17-32-20-21-6-10-23(11-7-21)33-16-5-15-31/h5-13,15-16,32-33H,4,14,17-20H2,1-3H3,(H,34,36)/q-1/b16-5-. The van der Waals surface area contributed by atoms with Crippen molar-refractivity contribution < 1.29 is 22.7 Å². The molecule has 1 atom stereocenters. The van der Waals surface area contributed by atoms with Crippen molar-refractivity contribution in [3.63, 3.8) is 0 Å². The number of hydrogen-bond acceptors (Lipinski definition) is 5. The van der Waals surface area contributed by atoms with Crippen molar-refractivity contribution in [3.8, 4) is 5.75 Å². The van der Waals surface area contributed by atoms with Crippen LogP contribution in [0.5, 0.6) is 5.75 Å². The average Bonchev–Trinajstić information content (AvgIpc) is 2.87. The molecule has 0 aliphatic rings. The number of ether oxygens (including phenoxy) is 1. The number of amides is 1. The summed E-state index contributed by atoms with van der Waals surface area (Å²) < 4.78 is 44.7. The van der Waals surface area contributed by atoms with Gasteiger partial charge in [-0.25, -0.2) is 0 Å². The average molecular weight is 519 g/mol. The van der Waals surface area contributed by atoms with Gasteiger partial charge in [0, 0.05) is 31.7 Å². The van der Waals surface area contributed by atoms with Crippen LogP contribution in [0.15, 0.2) is 60.8 Å². The van der Waals surface area contributed by atoms with Crippen molar-refractivity contribution in [2.24, 2.45) is 0 Å². The molecule has 0 aliphatic heterocycles. The summed E-state index contributed by atoms with van der Waals surface area (Å²) in [5.74, 6) is -0.144. The van der Waals surface area contributed by atoms with Crippen molar-refractivity contribution in [1.82, 2.24) is 15.5 Å². The first-order chi connectivity index (χ1) is 17.6. The van der Waals surface area contributed by atoms with Crippen LogP contribution in [-0.4, -0.2) is 55.8 Å². The van der Waals surface area contributed by atoms with Gasteiger partial charge in [0.25, 0.3) is 5.91 Å². The first-order valence-corrected chi connectivity index (χ1v) is 12.1. The Morgan fingerprint density at radius 1 is 1.08 bits per heavy atom. The molecule has 10 heteroatoms. The Morgan fingerprint density at radius 3 is 2.35 bits per heavy atom. The molecule has 0 radical (unpaired) electrons. The number of carbonyl (C=O) groups excluding carboxylic acids is 1. The summed E-state index contributed by atoms with van der Waals surface area (Å²) in [5.41, 5.74) is -0.175. The number of nitrogens with one attached hydrogen (secondary N) is 3. The zero-order chi connectivity index (χ0) is 27.3. The molecule has 0 heterocycles. The lowest BCUT2D eigenvalue weighted by molar-refractivity contribution is -0.138. The van der Waals surface area contributed by atoms with Gasteiger partial charge in [0.05, 0.1) is 5.56 Å². The van der Waals surface area contributed by atoms with E-state index < -0.39 is 17.3 Å².